The molecule has 2 aliphatic heterocycles. The summed E-state index contributed by atoms with van der Waals surface area (Å²) in [5, 5.41) is 2.03. The molecule has 6 nitrogen and oxygen atoms in total. The predicted molar refractivity (Wildman–Crippen MR) is 127 cm³/mol. The Morgan fingerprint density at radius 2 is 1.91 bits per heavy atom. The molecule has 0 aliphatic carbocycles. The molecule has 0 fully saturated rings. The van der Waals surface area contributed by atoms with Crippen LogP contribution < -0.4 is 9.47 Å². The summed E-state index contributed by atoms with van der Waals surface area (Å²) in [5.41, 5.74) is 2.39. The lowest BCUT2D eigenvalue weighted by molar-refractivity contribution is -0.134. The Kier molecular flexibility index (Phi) is 6.24. The number of thiophene rings is 1. The van der Waals surface area contributed by atoms with Crippen molar-refractivity contribution in [1.82, 2.24) is 9.80 Å². The van der Waals surface area contributed by atoms with Gasteiger partial charge in [-0.3, -0.25) is 9.59 Å². The molecule has 0 spiro atoms. The zero-order chi connectivity index (χ0) is 23.7. The van der Waals surface area contributed by atoms with Gasteiger partial charge in [0.2, 0.25) is 12.7 Å². The lowest BCUT2D eigenvalue weighted by Gasteiger charge is -2.37. The third kappa shape index (κ3) is 4.25. The number of hydrogen-bond acceptors (Lipinski definition) is 5. The highest BCUT2D eigenvalue weighted by molar-refractivity contribution is 7.10. The van der Waals surface area contributed by atoms with Gasteiger partial charge in [0.1, 0.15) is 12.4 Å². The number of amides is 2. The minimum absolute atomic E-state index is 0.0295. The van der Waals surface area contributed by atoms with E-state index in [0.717, 1.165) is 24.0 Å². The first kappa shape index (κ1) is 22.4. The molecule has 176 valence electrons. The molecule has 0 saturated carbocycles. The highest BCUT2D eigenvalue weighted by Gasteiger charge is 2.34. The van der Waals surface area contributed by atoms with Gasteiger partial charge in [-0.25, -0.2) is 4.39 Å². The second-order valence-electron chi connectivity index (χ2n) is 8.39. The summed E-state index contributed by atoms with van der Waals surface area (Å²) in [7, 11) is 0. The molecule has 1 unspecified atom stereocenters. The van der Waals surface area contributed by atoms with Crippen LogP contribution in [0.15, 0.2) is 53.9 Å². The Morgan fingerprint density at radius 1 is 1.12 bits per heavy atom. The van der Waals surface area contributed by atoms with Crippen LogP contribution in [0.2, 0.25) is 0 Å². The van der Waals surface area contributed by atoms with Crippen molar-refractivity contribution in [3.05, 3.63) is 81.3 Å². The van der Waals surface area contributed by atoms with Gasteiger partial charge in [-0.1, -0.05) is 19.1 Å². The summed E-state index contributed by atoms with van der Waals surface area (Å²) in [5.74, 6) is 0.475. The fraction of sp³-hybridized carbons (Fsp3) is 0.308. The summed E-state index contributed by atoms with van der Waals surface area (Å²) in [6.07, 6.45) is 1.49. The zero-order valence-electron chi connectivity index (χ0n) is 18.8. The zero-order valence-corrected chi connectivity index (χ0v) is 19.6. The molecule has 34 heavy (non-hydrogen) atoms. The van der Waals surface area contributed by atoms with Crippen LogP contribution in [0.1, 0.15) is 45.7 Å². The molecule has 0 radical (unpaired) electrons. The average Bonchev–Trinajstić information content (AvgIpc) is 3.52. The second-order valence-corrected chi connectivity index (χ2v) is 9.39. The van der Waals surface area contributed by atoms with Gasteiger partial charge in [0.05, 0.1) is 6.04 Å². The Morgan fingerprint density at radius 3 is 2.71 bits per heavy atom. The first-order valence-corrected chi connectivity index (χ1v) is 12.2. The van der Waals surface area contributed by atoms with Crippen molar-refractivity contribution < 1.29 is 23.5 Å². The van der Waals surface area contributed by atoms with Gasteiger partial charge < -0.3 is 19.3 Å². The maximum absolute atomic E-state index is 13.6. The lowest BCUT2D eigenvalue weighted by Crippen LogP contribution is -2.47. The number of carbonyl (C=O) groups is 2. The summed E-state index contributed by atoms with van der Waals surface area (Å²) in [6, 6.07) is 13.1. The van der Waals surface area contributed by atoms with Gasteiger partial charge in [-0.2, -0.15) is 0 Å². The van der Waals surface area contributed by atoms with E-state index >= 15 is 0 Å². The van der Waals surface area contributed by atoms with Crippen LogP contribution >= 0.6 is 11.3 Å². The quantitative estimate of drug-likeness (QED) is 0.516. The molecular formula is C26H25FN2O4S. The second kappa shape index (κ2) is 9.46. The number of benzene rings is 2. The molecule has 3 aromatic rings. The van der Waals surface area contributed by atoms with E-state index in [-0.39, 0.29) is 37.0 Å². The molecule has 2 aliphatic rings. The van der Waals surface area contributed by atoms with Crippen LogP contribution in [0.25, 0.3) is 0 Å². The third-order valence-electron chi connectivity index (χ3n) is 6.20. The van der Waals surface area contributed by atoms with E-state index in [2.05, 4.69) is 0 Å². The van der Waals surface area contributed by atoms with E-state index in [4.69, 9.17) is 9.47 Å². The van der Waals surface area contributed by atoms with Crippen molar-refractivity contribution in [3.63, 3.8) is 0 Å². The first-order valence-electron chi connectivity index (χ1n) is 11.3. The van der Waals surface area contributed by atoms with Crippen molar-refractivity contribution in [2.75, 3.05) is 26.4 Å². The van der Waals surface area contributed by atoms with Gasteiger partial charge in [0.25, 0.3) is 5.91 Å². The van der Waals surface area contributed by atoms with Crippen LogP contribution in [0.5, 0.6) is 11.5 Å². The smallest absolute Gasteiger partial charge is 0.254 e. The number of nitrogens with zero attached hydrogens (tertiary/aromatic N) is 2. The van der Waals surface area contributed by atoms with Crippen molar-refractivity contribution in [1.29, 1.82) is 0 Å². The normalized spacial score (nSPS) is 16.3. The average molecular weight is 481 g/mol. The minimum Gasteiger partial charge on any atom is -0.454 e. The predicted octanol–water partition coefficient (Wildman–Crippen LogP) is 4.64. The Balaban J connectivity index is 1.40. The molecule has 1 aromatic heterocycles. The Hall–Kier alpha value is -3.39. The molecule has 8 heteroatoms. The van der Waals surface area contributed by atoms with Crippen molar-refractivity contribution in [3.8, 4) is 11.5 Å². The molecule has 5 rings (SSSR count). The van der Waals surface area contributed by atoms with Crippen molar-refractivity contribution in [2.45, 2.75) is 25.8 Å². The Bertz CT molecular complexity index is 1210. The highest BCUT2D eigenvalue weighted by atomic mass is 32.1. The van der Waals surface area contributed by atoms with Gasteiger partial charge in [-0.05, 0) is 65.7 Å². The first-order chi connectivity index (χ1) is 16.5. The third-order valence-corrected chi connectivity index (χ3v) is 7.19. The van der Waals surface area contributed by atoms with E-state index in [1.807, 2.05) is 23.3 Å². The van der Waals surface area contributed by atoms with Crippen LogP contribution in [0.4, 0.5) is 4.39 Å². The SMILES string of the molecule is CCCN(CC(=O)N1CCc2sccc2C1c1ccc(F)cc1)C(=O)c1ccc2c(c1)OCO2. The van der Waals surface area contributed by atoms with E-state index in [9.17, 15) is 14.0 Å². The summed E-state index contributed by atoms with van der Waals surface area (Å²) >= 11 is 1.68. The molecular weight excluding hydrogens is 455 g/mol. The van der Waals surface area contributed by atoms with E-state index in [1.54, 1.807) is 46.6 Å². The van der Waals surface area contributed by atoms with Crippen LogP contribution in [-0.4, -0.2) is 48.0 Å². The molecule has 0 bridgehead atoms. The topological polar surface area (TPSA) is 59.1 Å². The largest absolute Gasteiger partial charge is 0.454 e. The van der Waals surface area contributed by atoms with E-state index in [0.29, 0.717) is 30.2 Å². The number of fused-ring (bicyclic) bond motifs is 2. The molecule has 2 aromatic carbocycles. The van der Waals surface area contributed by atoms with Crippen LogP contribution in [0, 0.1) is 5.82 Å². The van der Waals surface area contributed by atoms with Crippen LogP contribution in [0.3, 0.4) is 0 Å². The number of halogens is 1. The van der Waals surface area contributed by atoms with Gasteiger partial charge in [0.15, 0.2) is 11.5 Å². The highest BCUT2D eigenvalue weighted by Crippen LogP contribution is 2.38. The summed E-state index contributed by atoms with van der Waals surface area (Å²) in [6.45, 7) is 3.08. The van der Waals surface area contributed by atoms with Gasteiger partial charge in [0, 0.05) is 23.5 Å². The Labute approximate surface area is 201 Å². The van der Waals surface area contributed by atoms with E-state index < -0.39 is 0 Å². The van der Waals surface area contributed by atoms with Gasteiger partial charge >= 0.3 is 0 Å². The standard InChI is InChI=1S/C26H25FN2O4S/c1-2-11-28(26(31)18-5-8-21-22(14-18)33-16-32-21)15-24(30)29-12-9-23-20(10-13-34-23)25(29)17-3-6-19(27)7-4-17/h3-8,10,13-14,25H,2,9,11-12,15-16H2,1H3. The lowest BCUT2D eigenvalue weighted by atomic mass is 9.93. The molecule has 0 saturated heterocycles. The fourth-order valence-corrected chi connectivity index (χ4v) is 5.48. The van der Waals surface area contributed by atoms with Crippen molar-refractivity contribution >= 4 is 23.2 Å². The maximum Gasteiger partial charge on any atom is 0.254 e. The monoisotopic (exact) mass is 480 g/mol. The summed E-state index contributed by atoms with van der Waals surface area (Å²) < 4.78 is 24.3. The minimum atomic E-state index is -0.313. The number of ether oxygens (including phenoxy) is 2. The van der Waals surface area contributed by atoms with Crippen molar-refractivity contribution in [2.24, 2.45) is 0 Å². The number of carbonyl (C=O) groups excluding carboxylic acids is 2. The maximum atomic E-state index is 13.6. The molecule has 3 heterocycles. The molecule has 2 amide bonds. The van der Waals surface area contributed by atoms with Crippen LogP contribution in [-0.2, 0) is 11.2 Å². The molecule has 0 N–H and O–H groups in total. The fourth-order valence-electron chi connectivity index (χ4n) is 4.58. The van der Waals surface area contributed by atoms with Gasteiger partial charge in [-0.15, -0.1) is 11.3 Å². The van der Waals surface area contributed by atoms with E-state index in [1.165, 1.54) is 17.0 Å². The summed E-state index contributed by atoms with van der Waals surface area (Å²) in [4.78, 5) is 31.6. The number of rotatable bonds is 6. The molecule has 1 atom stereocenters. The number of hydrogen-bond donors (Lipinski definition) is 0.